The first-order chi connectivity index (χ1) is 8.09. The highest BCUT2D eigenvalue weighted by molar-refractivity contribution is 5.77. The number of carbonyl (C=O) groups excluding carboxylic acids is 1. The molecular formula is C13H18N2O2. The van der Waals surface area contributed by atoms with Crippen LogP contribution in [0.3, 0.4) is 0 Å². The van der Waals surface area contributed by atoms with Crippen molar-refractivity contribution < 1.29 is 9.53 Å². The summed E-state index contributed by atoms with van der Waals surface area (Å²) in [5.74, 6) is 1.12. The van der Waals surface area contributed by atoms with E-state index in [2.05, 4.69) is 0 Å². The van der Waals surface area contributed by atoms with Crippen LogP contribution in [-0.2, 0) is 4.79 Å². The van der Waals surface area contributed by atoms with E-state index in [-0.39, 0.29) is 11.8 Å². The molecule has 1 atom stereocenters. The monoisotopic (exact) mass is 234 g/mol. The van der Waals surface area contributed by atoms with Crippen LogP contribution >= 0.6 is 0 Å². The molecule has 1 amide bonds. The van der Waals surface area contributed by atoms with Crippen molar-refractivity contribution in [3.8, 4) is 5.75 Å². The number of fused-ring (bicyclic) bond motifs is 1. The summed E-state index contributed by atoms with van der Waals surface area (Å²) in [6.07, 6.45) is 1.39. The first kappa shape index (κ1) is 11.8. The second-order valence-corrected chi connectivity index (χ2v) is 4.59. The predicted octanol–water partition coefficient (Wildman–Crippen LogP) is 1.61. The SMILES string of the molecule is CN(C)C(=O)CC1CCOc2c(N)cccc21. The van der Waals surface area contributed by atoms with Gasteiger partial charge in [-0.3, -0.25) is 4.79 Å². The zero-order valence-corrected chi connectivity index (χ0v) is 10.3. The van der Waals surface area contributed by atoms with Crippen molar-refractivity contribution in [3.63, 3.8) is 0 Å². The molecule has 0 aromatic heterocycles. The molecule has 1 aliphatic heterocycles. The smallest absolute Gasteiger partial charge is 0.222 e. The van der Waals surface area contributed by atoms with Gasteiger partial charge in [0.2, 0.25) is 5.91 Å². The molecule has 0 fully saturated rings. The summed E-state index contributed by atoms with van der Waals surface area (Å²) in [5.41, 5.74) is 7.59. The van der Waals surface area contributed by atoms with Crippen LogP contribution in [0.4, 0.5) is 5.69 Å². The quantitative estimate of drug-likeness (QED) is 0.791. The summed E-state index contributed by atoms with van der Waals surface area (Å²) in [6, 6.07) is 5.74. The van der Waals surface area contributed by atoms with Crippen molar-refractivity contribution in [1.29, 1.82) is 0 Å². The molecule has 0 spiro atoms. The van der Waals surface area contributed by atoms with Gasteiger partial charge in [0.05, 0.1) is 12.3 Å². The van der Waals surface area contributed by atoms with E-state index in [1.54, 1.807) is 19.0 Å². The van der Waals surface area contributed by atoms with Crippen molar-refractivity contribution in [2.24, 2.45) is 0 Å². The van der Waals surface area contributed by atoms with Crippen molar-refractivity contribution in [2.75, 3.05) is 26.4 Å². The van der Waals surface area contributed by atoms with E-state index in [1.165, 1.54) is 0 Å². The van der Waals surface area contributed by atoms with Gasteiger partial charge in [-0.15, -0.1) is 0 Å². The van der Waals surface area contributed by atoms with Gasteiger partial charge in [0, 0.05) is 26.1 Å². The summed E-state index contributed by atoms with van der Waals surface area (Å²) >= 11 is 0. The average Bonchev–Trinajstić information content (AvgIpc) is 2.30. The first-order valence-electron chi connectivity index (χ1n) is 5.81. The Morgan fingerprint density at radius 2 is 2.29 bits per heavy atom. The molecule has 0 saturated carbocycles. The maximum atomic E-state index is 11.8. The van der Waals surface area contributed by atoms with E-state index in [0.717, 1.165) is 17.7 Å². The van der Waals surface area contributed by atoms with Gasteiger partial charge < -0.3 is 15.4 Å². The fraction of sp³-hybridized carbons (Fsp3) is 0.462. The molecule has 2 N–H and O–H groups in total. The van der Waals surface area contributed by atoms with Crippen LogP contribution in [0.1, 0.15) is 24.3 Å². The third-order valence-electron chi connectivity index (χ3n) is 3.15. The van der Waals surface area contributed by atoms with Gasteiger partial charge in [-0.05, 0) is 18.4 Å². The first-order valence-corrected chi connectivity index (χ1v) is 5.81. The van der Waals surface area contributed by atoms with Gasteiger partial charge in [0.1, 0.15) is 5.75 Å². The fourth-order valence-electron chi connectivity index (χ4n) is 2.13. The fourth-order valence-corrected chi connectivity index (χ4v) is 2.13. The molecule has 0 bridgehead atoms. The van der Waals surface area contributed by atoms with E-state index < -0.39 is 0 Å². The standard InChI is InChI=1S/C13H18N2O2/c1-15(2)12(16)8-9-6-7-17-13-10(9)4-3-5-11(13)14/h3-5,9H,6-8,14H2,1-2H3. The van der Waals surface area contributed by atoms with Crippen molar-refractivity contribution in [2.45, 2.75) is 18.8 Å². The molecule has 2 rings (SSSR count). The lowest BCUT2D eigenvalue weighted by atomic mass is 9.89. The van der Waals surface area contributed by atoms with Gasteiger partial charge in [-0.1, -0.05) is 12.1 Å². The molecule has 92 valence electrons. The second kappa shape index (κ2) is 4.65. The number of amides is 1. The van der Waals surface area contributed by atoms with Crippen molar-refractivity contribution in [1.82, 2.24) is 4.90 Å². The van der Waals surface area contributed by atoms with E-state index in [4.69, 9.17) is 10.5 Å². The van der Waals surface area contributed by atoms with Gasteiger partial charge in [0.15, 0.2) is 0 Å². The Morgan fingerprint density at radius 3 is 3.00 bits per heavy atom. The van der Waals surface area contributed by atoms with Crippen molar-refractivity contribution in [3.05, 3.63) is 23.8 Å². The van der Waals surface area contributed by atoms with Crippen LogP contribution in [0, 0.1) is 0 Å². The number of nitrogen functional groups attached to an aromatic ring is 1. The van der Waals surface area contributed by atoms with Gasteiger partial charge in [0.25, 0.3) is 0 Å². The maximum absolute atomic E-state index is 11.8. The van der Waals surface area contributed by atoms with Crippen LogP contribution in [0.15, 0.2) is 18.2 Å². The van der Waals surface area contributed by atoms with Gasteiger partial charge in [-0.2, -0.15) is 0 Å². The predicted molar refractivity (Wildman–Crippen MR) is 67.0 cm³/mol. The number of benzene rings is 1. The molecule has 4 nitrogen and oxygen atoms in total. The topological polar surface area (TPSA) is 55.6 Å². The third kappa shape index (κ3) is 2.35. The Bertz CT molecular complexity index is 429. The summed E-state index contributed by atoms with van der Waals surface area (Å²) in [5, 5.41) is 0. The third-order valence-corrected chi connectivity index (χ3v) is 3.15. The molecule has 0 saturated heterocycles. The highest BCUT2D eigenvalue weighted by Gasteiger charge is 2.25. The molecule has 0 radical (unpaired) electrons. The zero-order chi connectivity index (χ0) is 12.4. The number of anilines is 1. The summed E-state index contributed by atoms with van der Waals surface area (Å²) in [6.45, 7) is 0.632. The Balaban J connectivity index is 2.23. The number of para-hydroxylation sites is 1. The van der Waals surface area contributed by atoms with E-state index in [1.807, 2.05) is 18.2 Å². The molecular weight excluding hydrogens is 216 g/mol. The summed E-state index contributed by atoms with van der Waals surface area (Å²) in [4.78, 5) is 13.4. The molecule has 1 aromatic carbocycles. The Labute approximate surface area is 101 Å². The van der Waals surface area contributed by atoms with Gasteiger partial charge in [-0.25, -0.2) is 0 Å². The molecule has 17 heavy (non-hydrogen) atoms. The molecule has 1 aliphatic rings. The lowest BCUT2D eigenvalue weighted by Gasteiger charge is -2.27. The number of hydrogen-bond donors (Lipinski definition) is 1. The van der Waals surface area contributed by atoms with E-state index in [0.29, 0.717) is 18.7 Å². The number of ether oxygens (including phenoxy) is 1. The second-order valence-electron chi connectivity index (χ2n) is 4.59. The van der Waals surface area contributed by atoms with E-state index in [9.17, 15) is 4.79 Å². The minimum absolute atomic E-state index is 0.144. The highest BCUT2D eigenvalue weighted by atomic mass is 16.5. The Kier molecular flexibility index (Phi) is 3.22. The largest absolute Gasteiger partial charge is 0.491 e. The normalized spacial score (nSPS) is 18.1. The molecule has 1 heterocycles. The van der Waals surface area contributed by atoms with Crippen LogP contribution in [0.5, 0.6) is 5.75 Å². The lowest BCUT2D eigenvalue weighted by Crippen LogP contribution is -2.26. The summed E-state index contributed by atoms with van der Waals surface area (Å²) in [7, 11) is 3.56. The van der Waals surface area contributed by atoms with Gasteiger partial charge >= 0.3 is 0 Å². The molecule has 4 heteroatoms. The average molecular weight is 234 g/mol. The van der Waals surface area contributed by atoms with Crippen LogP contribution < -0.4 is 10.5 Å². The maximum Gasteiger partial charge on any atom is 0.222 e. The Hall–Kier alpha value is -1.71. The van der Waals surface area contributed by atoms with Crippen LogP contribution in [-0.4, -0.2) is 31.5 Å². The van der Waals surface area contributed by atoms with Crippen LogP contribution in [0.2, 0.25) is 0 Å². The van der Waals surface area contributed by atoms with Crippen molar-refractivity contribution >= 4 is 11.6 Å². The summed E-state index contributed by atoms with van der Waals surface area (Å²) < 4.78 is 5.58. The number of rotatable bonds is 2. The number of nitrogens with zero attached hydrogens (tertiary/aromatic N) is 1. The minimum atomic E-state index is 0.144. The highest BCUT2D eigenvalue weighted by Crippen LogP contribution is 2.39. The minimum Gasteiger partial charge on any atom is -0.491 e. The molecule has 1 unspecified atom stereocenters. The lowest BCUT2D eigenvalue weighted by molar-refractivity contribution is -0.129. The number of carbonyl (C=O) groups is 1. The Morgan fingerprint density at radius 1 is 1.53 bits per heavy atom. The molecule has 1 aromatic rings. The number of hydrogen-bond acceptors (Lipinski definition) is 3. The zero-order valence-electron chi connectivity index (χ0n) is 10.3. The number of nitrogens with two attached hydrogens (primary N) is 1. The van der Waals surface area contributed by atoms with E-state index >= 15 is 0 Å². The molecule has 0 aliphatic carbocycles. The van der Waals surface area contributed by atoms with Crippen LogP contribution in [0.25, 0.3) is 0 Å².